The number of nitrogen functional groups attached to an aromatic ring is 1. The van der Waals surface area contributed by atoms with Crippen LogP contribution in [0.15, 0.2) is 42.5 Å². The second-order valence-electron chi connectivity index (χ2n) is 5.96. The van der Waals surface area contributed by atoms with Gasteiger partial charge >= 0.3 is 5.97 Å². The molecule has 0 atom stereocenters. The molecule has 9 heteroatoms. The third kappa shape index (κ3) is 4.17. The molecule has 2 aromatic carbocycles. The van der Waals surface area contributed by atoms with Gasteiger partial charge in [0.05, 0.1) is 17.3 Å². The van der Waals surface area contributed by atoms with Gasteiger partial charge in [-0.05, 0) is 17.7 Å². The second kappa shape index (κ2) is 8.73. The van der Waals surface area contributed by atoms with Crippen LogP contribution in [0.25, 0.3) is 11.3 Å². The molecule has 0 radical (unpaired) electrons. The molecule has 0 aliphatic rings. The van der Waals surface area contributed by atoms with E-state index >= 15 is 0 Å². The van der Waals surface area contributed by atoms with E-state index in [4.69, 9.17) is 33.7 Å². The molecule has 0 fully saturated rings. The predicted molar refractivity (Wildman–Crippen MR) is 106 cm³/mol. The smallest absolute Gasteiger partial charge is 0.358 e. The lowest BCUT2D eigenvalue weighted by Crippen LogP contribution is -2.12. The number of aliphatic hydroxyl groups excluding tert-OH is 1. The number of pyridine rings is 1. The Kier molecular flexibility index (Phi) is 6.32. The lowest BCUT2D eigenvalue weighted by Gasteiger charge is -2.13. The minimum atomic E-state index is -1.11. The van der Waals surface area contributed by atoms with Crippen LogP contribution in [-0.4, -0.2) is 16.1 Å². The van der Waals surface area contributed by atoms with E-state index < -0.39 is 46.3 Å². The van der Waals surface area contributed by atoms with Crippen molar-refractivity contribution in [1.82, 2.24) is 4.98 Å². The summed E-state index contributed by atoms with van der Waals surface area (Å²) in [7, 11) is 0. The minimum absolute atomic E-state index is 0.0430. The lowest BCUT2D eigenvalue weighted by molar-refractivity contribution is 0.0466. The van der Waals surface area contributed by atoms with Crippen molar-refractivity contribution in [3.8, 4) is 11.3 Å². The van der Waals surface area contributed by atoms with E-state index in [1.807, 2.05) is 0 Å². The van der Waals surface area contributed by atoms with Gasteiger partial charge in [-0.25, -0.2) is 18.6 Å². The standard InChI is InChI=1S/C20H14Cl2F2N2O3/c21-13-7-6-11(15(23)12(13)8-27)18-16(24)17(25)14(22)19(26-18)20(28)29-9-10-4-2-1-3-5-10/h1-7,27H,8-9H2,(H2,25,26). The van der Waals surface area contributed by atoms with E-state index in [0.717, 1.165) is 6.07 Å². The molecule has 3 rings (SSSR count). The van der Waals surface area contributed by atoms with E-state index in [9.17, 15) is 18.7 Å². The average molecular weight is 439 g/mol. The fourth-order valence-corrected chi connectivity index (χ4v) is 3.00. The average Bonchev–Trinajstić information content (AvgIpc) is 2.72. The molecule has 0 aliphatic heterocycles. The Balaban J connectivity index is 2.03. The highest BCUT2D eigenvalue weighted by Crippen LogP contribution is 2.35. The molecule has 0 aliphatic carbocycles. The van der Waals surface area contributed by atoms with Crippen molar-refractivity contribution >= 4 is 34.9 Å². The van der Waals surface area contributed by atoms with Crippen molar-refractivity contribution in [2.45, 2.75) is 13.2 Å². The number of hydrogen-bond donors (Lipinski definition) is 2. The molecule has 0 saturated heterocycles. The van der Waals surface area contributed by atoms with Gasteiger partial charge in [0, 0.05) is 16.1 Å². The number of hydrogen-bond acceptors (Lipinski definition) is 5. The molecule has 0 unspecified atom stereocenters. The maximum absolute atomic E-state index is 14.7. The van der Waals surface area contributed by atoms with Crippen LogP contribution in [0.2, 0.25) is 10.0 Å². The van der Waals surface area contributed by atoms with Crippen LogP contribution in [-0.2, 0) is 18.0 Å². The van der Waals surface area contributed by atoms with E-state index in [2.05, 4.69) is 4.98 Å². The Morgan fingerprint density at radius 1 is 1.10 bits per heavy atom. The number of nitrogens with two attached hydrogens (primary N) is 1. The summed E-state index contributed by atoms with van der Waals surface area (Å²) >= 11 is 11.8. The fourth-order valence-electron chi connectivity index (χ4n) is 2.59. The van der Waals surface area contributed by atoms with Crippen molar-refractivity contribution < 1.29 is 23.4 Å². The highest BCUT2D eigenvalue weighted by Gasteiger charge is 2.26. The number of anilines is 1. The van der Waals surface area contributed by atoms with Crippen LogP contribution >= 0.6 is 23.2 Å². The van der Waals surface area contributed by atoms with Crippen molar-refractivity contribution in [3.05, 3.63) is 81.0 Å². The summed E-state index contributed by atoms with van der Waals surface area (Å²) in [4.78, 5) is 16.3. The van der Waals surface area contributed by atoms with Crippen LogP contribution < -0.4 is 5.73 Å². The Hall–Kier alpha value is -2.74. The monoisotopic (exact) mass is 438 g/mol. The molecule has 0 bridgehead atoms. The zero-order valence-electron chi connectivity index (χ0n) is 14.8. The van der Waals surface area contributed by atoms with Crippen LogP contribution in [0.3, 0.4) is 0 Å². The molecule has 3 N–H and O–H groups in total. The first-order valence-electron chi connectivity index (χ1n) is 8.28. The summed E-state index contributed by atoms with van der Waals surface area (Å²) in [5.41, 5.74) is 4.20. The number of carbonyl (C=O) groups is 1. The number of ether oxygens (including phenoxy) is 1. The number of esters is 1. The second-order valence-corrected chi connectivity index (χ2v) is 6.74. The largest absolute Gasteiger partial charge is 0.456 e. The van der Waals surface area contributed by atoms with E-state index in [1.54, 1.807) is 30.3 Å². The number of benzene rings is 2. The summed E-state index contributed by atoms with van der Waals surface area (Å²) in [6.45, 7) is -0.788. The van der Waals surface area contributed by atoms with Crippen molar-refractivity contribution in [2.75, 3.05) is 5.73 Å². The number of rotatable bonds is 5. The number of halogens is 4. The SMILES string of the molecule is Nc1c(F)c(-c2ccc(Cl)c(CO)c2F)nc(C(=O)OCc2ccccc2)c1Cl. The predicted octanol–water partition coefficient (Wildman–Crippen LogP) is 4.77. The van der Waals surface area contributed by atoms with Gasteiger partial charge in [-0.2, -0.15) is 0 Å². The van der Waals surface area contributed by atoms with E-state index in [0.29, 0.717) is 5.56 Å². The van der Waals surface area contributed by atoms with Crippen LogP contribution in [0, 0.1) is 11.6 Å². The maximum Gasteiger partial charge on any atom is 0.358 e. The molecule has 3 aromatic rings. The van der Waals surface area contributed by atoms with Crippen LogP contribution in [0.1, 0.15) is 21.6 Å². The van der Waals surface area contributed by atoms with E-state index in [-0.39, 0.29) is 22.8 Å². The number of nitrogens with zero attached hydrogens (tertiary/aromatic N) is 1. The zero-order valence-corrected chi connectivity index (χ0v) is 16.3. The molecule has 0 amide bonds. The Labute approximate surface area is 174 Å². The topological polar surface area (TPSA) is 85.4 Å². The summed E-state index contributed by atoms with van der Waals surface area (Å²) in [5.74, 6) is -3.06. The molecular formula is C20H14Cl2F2N2O3. The van der Waals surface area contributed by atoms with Gasteiger partial charge in [-0.15, -0.1) is 0 Å². The van der Waals surface area contributed by atoms with Crippen molar-refractivity contribution in [2.24, 2.45) is 0 Å². The number of aromatic nitrogens is 1. The van der Waals surface area contributed by atoms with Gasteiger partial charge in [-0.1, -0.05) is 53.5 Å². The summed E-state index contributed by atoms with van der Waals surface area (Å²) in [6.07, 6.45) is 0. The van der Waals surface area contributed by atoms with Crippen LogP contribution in [0.4, 0.5) is 14.5 Å². The number of carbonyl (C=O) groups excluding carboxylic acids is 1. The first-order valence-corrected chi connectivity index (χ1v) is 9.04. The zero-order chi connectivity index (χ0) is 21.1. The minimum Gasteiger partial charge on any atom is -0.456 e. The number of aliphatic hydroxyl groups is 1. The molecule has 150 valence electrons. The van der Waals surface area contributed by atoms with Crippen molar-refractivity contribution in [1.29, 1.82) is 0 Å². The Morgan fingerprint density at radius 2 is 1.79 bits per heavy atom. The third-order valence-electron chi connectivity index (χ3n) is 4.12. The Morgan fingerprint density at radius 3 is 2.45 bits per heavy atom. The first kappa shape index (κ1) is 21.0. The molecule has 0 spiro atoms. The normalized spacial score (nSPS) is 10.8. The van der Waals surface area contributed by atoms with E-state index in [1.165, 1.54) is 6.07 Å². The molecule has 1 aromatic heterocycles. The molecule has 5 nitrogen and oxygen atoms in total. The molecule has 29 heavy (non-hydrogen) atoms. The fraction of sp³-hybridized carbons (Fsp3) is 0.100. The van der Waals surface area contributed by atoms with Gasteiger partial charge in [0.2, 0.25) is 0 Å². The van der Waals surface area contributed by atoms with Gasteiger partial charge in [0.15, 0.2) is 11.5 Å². The van der Waals surface area contributed by atoms with Gasteiger partial charge in [-0.3, -0.25) is 0 Å². The van der Waals surface area contributed by atoms with Gasteiger partial charge in [0.25, 0.3) is 0 Å². The van der Waals surface area contributed by atoms with Gasteiger partial charge in [0.1, 0.15) is 18.1 Å². The molecule has 0 saturated carbocycles. The molecule has 1 heterocycles. The molecular weight excluding hydrogens is 425 g/mol. The highest BCUT2D eigenvalue weighted by molar-refractivity contribution is 6.35. The van der Waals surface area contributed by atoms with Crippen molar-refractivity contribution in [3.63, 3.8) is 0 Å². The lowest BCUT2D eigenvalue weighted by atomic mass is 10.0. The van der Waals surface area contributed by atoms with Crippen LogP contribution in [0.5, 0.6) is 0 Å². The summed E-state index contributed by atoms with van der Waals surface area (Å²) in [6, 6.07) is 11.3. The third-order valence-corrected chi connectivity index (χ3v) is 4.85. The maximum atomic E-state index is 14.7. The summed E-state index contributed by atoms with van der Waals surface area (Å²) < 4.78 is 34.5. The quantitative estimate of drug-likeness (QED) is 0.560. The summed E-state index contributed by atoms with van der Waals surface area (Å²) in [5, 5.41) is 8.81. The highest BCUT2D eigenvalue weighted by atomic mass is 35.5. The Bertz CT molecular complexity index is 1080. The van der Waals surface area contributed by atoms with Gasteiger partial charge < -0.3 is 15.6 Å². The first-order chi connectivity index (χ1) is 13.8.